The Bertz CT molecular complexity index is 685. The van der Waals surface area contributed by atoms with Crippen molar-refractivity contribution >= 4 is 35.1 Å². The van der Waals surface area contributed by atoms with Crippen molar-refractivity contribution in [1.82, 2.24) is 10.3 Å². The molecule has 2 N–H and O–H groups in total. The number of benzene rings is 1. The van der Waals surface area contributed by atoms with Crippen LogP contribution in [0.2, 0.25) is 10.0 Å². The molecule has 1 aromatic heterocycles. The predicted octanol–water partition coefficient (Wildman–Crippen LogP) is 3.18. The highest BCUT2D eigenvalue weighted by molar-refractivity contribution is 6.31. The van der Waals surface area contributed by atoms with Gasteiger partial charge in [-0.1, -0.05) is 41.4 Å². The Kier molecular flexibility index (Phi) is 5.46. The van der Waals surface area contributed by atoms with Crippen LogP contribution in [-0.4, -0.2) is 23.0 Å². The molecular weight excluding hydrogens is 327 g/mol. The summed E-state index contributed by atoms with van der Waals surface area (Å²) in [4.78, 5) is 26.4. The highest BCUT2D eigenvalue weighted by Gasteiger charge is 2.19. The molecule has 0 saturated heterocycles. The largest absolute Gasteiger partial charge is 0.448 e. The Hall–Kier alpha value is -1.98. The Labute approximate surface area is 137 Å². The first-order valence-corrected chi connectivity index (χ1v) is 7.29. The number of carbonyl (C=O) groups excluding carboxylic acids is 2. The van der Waals surface area contributed by atoms with Crippen LogP contribution in [0, 0.1) is 0 Å². The van der Waals surface area contributed by atoms with E-state index < -0.39 is 18.0 Å². The van der Waals surface area contributed by atoms with E-state index in [0.717, 1.165) is 5.56 Å². The summed E-state index contributed by atoms with van der Waals surface area (Å²) in [7, 11) is 0. The number of esters is 1. The third kappa shape index (κ3) is 4.26. The fraction of sp³-hybridized carbons (Fsp3) is 0.200. The standard InChI is InChI=1S/C15H14Cl2N2O3/c1-9(22-15(21)13-6-11(16)8-18-13)14(20)19-7-10-4-2-3-5-12(10)17/h2-6,8-9,18H,7H2,1H3,(H,19,20). The number of hydrogen-bond donors (Lipinski definition) is 2. The monoisotopic (exact) mass is 340 g/mol. The van der Waals surface area contributed by atoms with Crippen LogP contribution in [0.3, 0.4) is 0 Å². The lowest BCUT2D eigenvalue weighted by Gasteiger charge is -2.13. The molecule has 0 saturated carbocycles. The van der Waals surface area contributed by atoms with Gasteiger partial charge < -0.3 is 15.0 Å². The fourth-order valence-corrected chi connectivity index (χ4v) is 2.10. The summed E-state index contributed by atoms with van der Waals surface area (Å²) in [5.74, 6) is -1.06. The summed E-state index contributed by atoms with van der Waals surface area (Å²) in [6.07, 6.45) is 0.525. The van der Waals surface area contributed by atoms with Crippen molar-refractivity contribution in [2.75, 3.05) is 0 Å². The number of aromatic amines is 1. The number of carbonyl (C=O) groups is 2. The molecule has 1 unspecified atom stereocenters. The van der Waals surface area contributed by atoms with Gasteiger partial charge in [-0.15, -0.1) is 0 Å². The lowest BCUT2D eigenvalue weighted by atomic mass is 10.2. The molecule has 0 spiro atoms. The van der Waals surface area contributed by atoms with Gasteiger partial charge in [-0.05, 0) is 24.6 Å². The van der Waals surface area contributed by atoms with E-state index in [9.17, 15) is 9.59 Å². The highest BCUT2D eigenvalue weighted by Crippen LogP contribution is 2.14. The summed E-state index contributed by atoms with van der Waals surface area (Å²) in [5, 5.41) is 3.62. The zero-order valence-electron chi connectivity index (χ0n) is 11.7. The van der Waals surface area contributed by atoms with Gasteiger partial charge in [0.15, 0.2) is 6.10 Å². The Morgan fingerprint density at radius 1 is 1.32 bits per heavy atom. The average Bonchev–Trinajstić information content (AvgIpc) is 2.92. The van der Waals surface area contributed by atoms with Gasteiger partial charge in [0.25, 0.3) is 5.91 Å². The molecule has 0 aliphatic carbocycles. The van der Waals surface area contributed by atoms with E-state index in [0.29, 0.717) is 10.0 Å². The minimum atomic E-state index is -0.933. The van der Waals surface area contributed by atoms with Crippen molar-refractivity contribution in [2.45, 2.75) is 19.6 Å². The zero-order chi connectivity index (χ0) is 16.1. The summed E-state index contributed by atoms with van der Waals surface area (Å²) in [6.45, 7) is 1.75. The number of hydrogen-bond acceptors (Lipinski definition) is 3. The average molecular weight is 341 g/mol. The van der Waals surface area contributed by atoms with E-state index in [2.05, 4.69) is 10.3 Å². The molecule has 1 atom stereocenters. The lowest BCUT2D eigenvalue weighted by molar-refractivity contribution is -0.129. The number of amides is 1. The number of aromatic nitrogens is 1. The molecule has 0 bridgehead atoms. The van der Waals surface area contributed by atoms with Crippen LogP contribution < -0.4 is 5.32 Å². The van der Waals surface area contributed by atoms with Crippen molar-refractivity contribution in [3.8, 4) is 0 Å². The van der Waals surface area contributed by atoms with Crippen LogP contribution in [0.4, 0.5) is 0 Å². The Morgan fingerprint density at radius 2 is 2.05 bits per heavy atom. The Morgan fingerprint density at radius 3 is 2.68 bits per heavy atom. The predicted molar refractivity (Wildman–Crippen MR) is 84.0 cm³/mol. The van der Waals surface area contributed by atoms with Gasteiger partial charge in [0.1, 0.15) is 5.69 Å². The molecule has 5 nitrogen and oxygen atoms in total. The van der Waals surface area contributed by atoms with Gasteiger partial charge in [-0.3, -0.25) is 4.79 Å². The van der Waals surface area contributed by atoms with Gasteiger partial charge in [-0.25, -0.2) is 4.79 Å². The van der Waals surface area contributed by atoms with E-state index >= 15 is 0 Å². The quantitative estimate of drug-likeness (QED) is 0.821. The second-order valence-electron chi connectivity index (χ2n) is 4.59. The smallest absolute Gasteiger partial charge is 0.355 e. The molecule has 7 heteroatoms. The zero-order valence-corrected chi connectivity index (χ0v) is 13.2. The number of nitrogens with one attached hydrogen (secondary N) is 2. The van der Waals surface area contributed by atoms with Crippen LogP contribution in [0.1, 0.15) is 23.0 Å². The molecule has 22 heavy (non-hydrogen) atoms. The van der Waals surface area contributed by atoms with Crippen LogP contribution in [0.25, 0.3) is 0 Å². The van der Waals surface area contributed by atoms with Gasteiger partial charge >= 0.3 is 5.97 Å². The molecule has 0 radical (unpaired) electrons. The molecular formula is C15H14Cl2N2O3. The molecule has 0 aliphatic heterocycles. The second-order valence-corrected chi connectivity index (χ2v) is 5.43. The van der Waals surface area contributed by atoms with E-state index in [1.807, 2.05) is 6.07 Å². The summed E-state index contributed by atoms with van der Waals surface area (Å²) >= 11 is 11.7. The first kappa shape index (κ1) is 16.4. The van der Waals surface area contributed by atoms with E-state index in [4.69, 9.17) is 27.9 Å². The Balaban J connectivity index is 1.87. The normalized spacial score (nSPS) is 11.8. The maximum Gasteiger partial charge on any atom is 0.355 e. The first-order chi connectivity index (χ1) is 10.5. The number of rotatable bonds is 5. The van der Waals surface area contributed by atoms with E-state index in [1.165, 1.54) is 19.2 Å². The summed E-state index contributed by atoms with van der Waals surface area (Å²) in [6, 6.07) is 8.60. The molecule has 2 rings (SSSR count). The topological polar surface area (TPSA) is 71.2 Å². The van der Waals surface area contributed by atoms with Crippen LogP contribution in [-0.2, 0) is 16.1 Å². The lowest BCUT2D eigenvalue weighted by Crippen LogP contribution is -2.35. The minimum absolute atomic E-state index is 0.191. The second kappa shape index (κ2) is 7.33. The third-order valence-corrected chi connectivity index (χ3v) is 3.52. The fourth-order valence-electron chi connectivity index (χ4n) is 1.73. The molecule has 1 aromatic carbocycles. The van der Waals surface area contributed by atoms with E-state index in [-0.39, 0.29) is 12.2 Å². The van der Waals surface area contributed by atoms with E-state index in [1.54, 1.807) is 18.2 Å². The molecule has 1 heterocycles. The minimum Gasteiger partial charge on any atom is -0.448 e. The SMILES string of the molecule is CC(OC(=O)c1cc(Cl)c[nH]1)C(=O)NCc1ccccc1Cl. The number of H-pyrrole nitrogens is 1. The van der Waals surface area contributed by atoms with Gasteiger partial charge in [0, 0.05) is 17.8 Å². The van der Waals surface area contributed by atoms with Crippen molar-refractivity contribution in [1.29, 1.82) is 0 Å². The first-order valence-electron chi connectivity index (χ1n) is 6.53. The molecule has 0 fully saturated rings. The molecule has 2 aromatic rings. The number of halogens is 2. The third-order valence-electron chi connectivity index (χ3n) is 2.93. The van der Waals surface area contributed by atoms with Crippen LogP contribution in [0.5, 0.6) is 0 Å². The van der Waals surface area contributed by atoms with Crippen molar-refractivity contribution < 1.29 is 14.3 Å². The molecule has 116 valence electrons. The van der Waals surface area contributed by atoms with Gasteiger partial charge in [-0.2, -0.15) is 0 Å². The number of ether oxygens (including phenoxy) is 1. The van der Waals surface area contributed by atoms with Gasteiger partial charge in [0.05, 0.1) is 5.02 Å². The van der Waals surface area contributed by atoms with Crippen molar-refractivity contribution in [2.24, 2.45) is 0 Å². The van der Waals surface area contributed by atoms with Crippen molar-refractivity contribution in [3.63, 3.8) is 0 Å². The van der Waals surface area contributed by atoms with Crippen molar-refractivity contribution in [3.05, 3.63) is 57.8 Å². The van der Waals surface area contributed by atoms with Crippen LogP contribution >= 0.6 is 23.2 Å². The molecule has 0 aliphatic rings. The molecule has 1 amide bonds. The van der Waals surface area contributed by atoms with Crippen LogP contribution in [0.15, 0.2) is 36.5 Å². The summed E-state index contributed by atoms with van der Waals surface area (Å²) in [5.41, 5.74) is 0.975. The van der Waals surface area contributed by atoms with Gasteiger partial charge in [0.2, 0.25) is 0 Å². The maximum atomic E-state index is 11.9. The highest BCUT2D eigenvalue weighted by atomic mass is 35.5. The summed E-state index contributed by atoms with van der Waals surface area (Å²) < 4.78 is 5.06. The maximum absolute atomic E-state index is 11.9.